The van der Waals surface area contributed by atoms with Crippen LogP contribution in [0.5, 0.6) is 0 Å². The minimum atomic E-state index is -0.247. The van der Waals surface area contributed by atoms with Gasteiger partial charge in [0.2, 0.25) is 0 Å². The molecule has 84 valence electrons. The number of imidazole rings is 1. The first-order valence-corrected chi connectivity index (χ1v) is 5.37. The lowest BCUT2D eigenvalue weighted by molar-refractivity contribution is -0.145. The summed E-state index contributed by atoms with van der Waals surface area (Å²) in [7, 11) is 0. The number of aromatic nitrogens is 2. The molecule has 1 atom stereocenters. The molecule has 0 bridgehead atoms. The molecule has 1 rings (SSSR count). The van der Waals surface area contributed by atoms with Gasteiger partial charge in [0.25, 0.3) is 0 Å². The van der Waals surface area contributed by atoms with Gasteiger partial charge < -0.3 is 9.72 Å². The number of esters is 1. The highest BCUT2D eigenvalue weighted by Crippen LogP contribution is 2.20. The van der Waals surface area contributed by atoms with Gasteiger partial charge in [0, 0.05) is 11.9 Å². The molecule has 1 aromatic rings. The van der Waals surface area contributed by atoms with Crippen LogP contribution in [-0.2, 0) is 9.53 Å². The van der Waals surface area contributed by atoms with Gasteiger partial charge in [-0.15, -0.1) is 0 Å². The van der Waals surface area contributed by atoms with E-state index >= 15 is 0 Å². The molecule has 15 heavy (non-hydrogen) atoms. The molecule has 0 aliphatic rings. The van der Waals surface area contributed by atoms with Crippen molar-refractivity contribution < 1.29 is 9.53 Å². The highest BCUT2D eigenvalue weighted by Gasteiger charge is 2.23. The number of rotatable bonds is 5. The van der Waals surface area contributed by atoms with E-state index in [1.165, 1.54) is 0 Å². The minimum absolute atomic E-state index is 0.186. The van der Waals surface area contributed by atoms with Gasteiger partial charge >= 0.3 is 5.97 Å². The molecule has 0 fully saturated rings. The second-order valence-corrected chi connectivity index (χ2v) is 3.54. The van der Waals surface area contributed by atoms with Gasteiger partial charge in [-0.2, -0.15) is 0 Å². The molecule has 0 amide bonds. The summed E-state index contributed by atoms with van der Waals surface area (Å²) in [5.41, 5.74) is 0.968. The second kappa shape index (κ2) is 5.53. The Morgan fingerprint density at radius 1 is 1.60 bits per heavy atom. The number of aromatic amines is 1. The zero-order valence-electron chi connectivity index (χ0n) is 9.54. The zero-order valence-corrected chi connectivity index (χ0v) is 9.54. The fourth-order valence-corrected chi connectivity index (χ4v) is 1.51. The summed E-state index contributed by atoms with van der Waals surface area (Å²) in [5.74, 6) is 0.283. The van der Waals surface area contributed by atoms with Crippen LogP contribution in [0.3, 0.4) is 0 Å². The lowest BCUT2D eigenvalue weighted by Gasteiger charge is -2.11. The molecule has 1 N–H and O–H groups in total. The predicted octanol–water partition coefficient (Wildman–Crippen LogP) is 2.16. The van der Waals surface area contributed by atoms with Gasteiger partial charge in [-0.1, -0.05) is 13.3 Å². The third-order valence-electron chi connectivity index (χ3n) is 2.20. The summed E-state index contributed by atoms with van der Waals surface area (Å²) in [6, 6.07) is 0. The minimum Gasteiger partial charge on any atom is -0.465 e. The van der Waals surface area contributed by atoms with Crippen molar-refractivity contribution >= 4 is 5.97 Å². The lowest BCUT2D eigenvalue weighted by Crippen LogP contribution is -2.17. The van der Waals surface area contributed by atoms with E-state index in [0.717, 1.165) is 18.5 Å². The van der Waals surface area contributed by atoms with Gasteiger partial charge in [-0.25, -0.2) is 4.98 Å². The topological polar surface area (TPSA) is 55.0 Å². The largest absolute Gasteiger partial charge is 0.465 e. The predicted molar refractivity (Wildman–Crippen MR) is 57.6 cm³/mol. The number of nitrogens with one attached hydrogen (secondary N) is 1. The number of carbonyl (C=O) groups excluding carboxylic acids is 1. The van der Waals surface area contributed by atoms with Crippen LogP contribution in [0, 0.1) is 6.92 Å². The van der Waals surface area contributed by atoms with Gasteiger partial charge in [0.05, 0.1) is 6.61 Å². The Balaban J connectivity index is 2.77. The normalized spacial score (nSPS) is 12.5. The summed E-state index contributed by atoms with van der Waals surface area (Å²) in [6.07, 6.45) is 3.44. The molecule has 0 saturated heterocycles. The monoisotopic (exact) mass is 210 g/mol. The zero-order chi connectivity index (χ0) is 11.3. The number of hydrogen-bond acceptors (Lipinski definition) is 3. The molecule has 0 aromatic carbocycles. The van der Waals surface area contributed by atoms with E-state index in [4.69, 9.17) is 4.74 Å². The number of carbonyl (C=O) groups is 1. The molecule has 0 aliphatic carbocycles. The number of aryl methyl sites for hydroxylation is 1. The van der Waals surface area contributed by atoms with Gasteiger partial charge in [0.1, 0.15) is 11.7 Å². The third kappa shape index (κ3) is 3.08. The highest BCUT2D eigenvalue weighted by atomic mass is 16.5. The molecular weight excluding hydrogens is 192 g/mol. The highest BCUT2D eigenvalue weighted by molar-refractivity contribution is 5.77. The van der Waals surface area contributed by atoms with Crippen LogP contribution in [-0.4, -0.2) is 22.5 Å². The summed E-state index contributed by atoms with van der Waals surface area (Å²) < 4.78 is 5.02. The van der Waals surface area contributed by atoms with Crippen molar-refractivity contribution in [3.05, 3.63) is 17.7 Å². The summed E-state index contributed by atoms with van der Waals surface area (Å²) in [4.78, 5) is 18.9. The number of H-pyrrole nitrogens is 1. The number of nitrogens with zero attached hydrogens (tertiary/aromatic N) is 1. The molecule has 0 spiro atoms. The maximum Gasteiger partial charge on any atom is 0.316 e. The first kappa shape index (κ1) is 11.8. The van der Waals surface area contributed by atoms with Crippen molar-refractivity contribution in [1.82, 2.24) is 9.97 Å². The number of hydrogen-bond donors (Lipinski definition) is 1. The van der Waals surface area contributed by atoms with E-state index in [1.807, 2.05) is 20.8 Å². The molecule has 1 aromatic heterocycles. The molecule has 0 aliphatic heterocycles. The van der Waals surface area contributed by atoms with Gasteiger partial charge in [-0.05, 0) is 20.3 Å². The molecule has 1 unspecified atom stereocenters. The van der Waals surface area contributed by atoms with Crippen molar-refractivity contribution in [2.45, 2.75) is 39.5 Å². The Kier molecular flexibility index (Phi) is 4.34. The number of ether oxygens (including phenoxy) is 1. The van der Waals surface area contributed by atoms with Crippen molar-refractivity contribution in [3.63, 3.8) is 0 Å². The molecule has 4 nitrogen and oxygen atoms in total. The van der Waals surface area contributed by atoms with Crippen molar-refractivity contribution in [2.75, 3.05) is 6.61 Å². The fourth-order valence-electron chi connectivity index (χ4n) is 1.51. The van der Waals surface area contributed by atoms with Crippen molar-refractivity contribution in [1.29, 1.82) is 0 Å². The summed E-state index contributed by atoms with van der Waals surface area (Å²) in [6.45, 7) is 6.19. The SMILES string of the molecule is CCCC(C(=O)OCC)c1ncc(C)[nH]1. The quantitative estimate of drug-likeness (QED) is 0.758. The van der Waals surface area contributed by atoms with Crippen molar-refractivity contribution in [2.24, 2.45) is 0 Å². The van der Waals surface area contributed by atoms with Crippen LogP contribution in [0.1, 0.15) is 44.1 Å². The molecule has 0 radical (unpaired) electrons. The fraction of sp³-hybridized carbons (Fsp3) is 0.636. The Hall–Kier alpha value is -1.32. The molecule has 1 heterocycles. The third-order valence-corrected chi connectivity index (χ3v) is 2.20. The van der Waals surface area contributed by atoms with Crippen LogP contribution in [0.2, 0.25) is 0 Å². The van der Waals surface area contributed by atoms with E-state index in [9.17, 15) is 4.79 Å². The summed E-state index contributed by atoms with van der Waals surface area (Å²) in [5, 5.41) is 0. The first-order chi connectivity index (χ1) is 7.19. The van der Waals surface area contributed by atoms with E-state index in [2.05, 4.69) is 9.97 Å². The standard InChI is InChI=1S/C11H18N2O2/c1-4-6-9(11(14)15-5-2)10-12-7-8(3)13-10/h7,9H,4-6H2,1-3H3,(H,12,13). The van der Waals surface area contributed by atoms with Gasteiger partial charge in [0.15, 0.2) is 0 Å². The van der Waals surface area contributed by atoms with E-state index < -0.39 is 0 Å². The summed E-state index contributed by atoms with van der Waals surface area (Å²) >= 11 is 0. The van der Waals surface area contributed by atoms with E-state index in [0.29, 0.717) is 12.4 Å². The van der Waals surface area contributed by atoms with Crippen LogP contribution in [0.4, 0.5) is 0 Å². The Labute approximate surface area is 90.1 Å². The van der Waals surface area contributed by atoms with Crippen LogP contribution >= 0.6 is 0 Å². The average Bonchev–Trinajstić information content (AvgIpc) is 2.61. The maximum absolute atomic E-state index is 11.7. The van der Waals surface area contributed by atoms with Crippen LogP contribution < -0.4 is 0 Å². The van der Waals surface area contributed by atoms with Crippen LogP contribution in [0.15, 0.2) is 6.20 Å². The molecule has 4 heteroatoms. The molecular formula is C11H18N2O2. The van der Waals surface area contributed by atoms with E-state index in [-0.39, 0.29) is 11.9 Å². The Bertz CT molecular complexity index is 320. The maximum atomic E-state index is 11.7. The van der Waals surface area contributed by atoms with Crippen LogP contribution in [0.25, 0.3) is 0 Å². The Morgan fingerprint density at radius 2 is 2.33 bits per heavy atom. The first-order valence-electron chi connectivity index (χ1n) is 5.37. The molecule has 0 saturated carbocycles. The van der Waals surface area contributed by atoms with Crippen molar-refractivity contribution in [3.8, 4) is 0 Å². The Morgan fingerprint density at radius 3 is 2.80 bits per heavy atom. The van der Waals surface area contributed by atoms with Gasteiger partial charge in [-0.3, -0.25) is 4.79 Å². The second-order valence-electron chi connectivity index (χ2n) is 3.54. The average molecular weight is 210 g/mol. The van der Waals surface area contributed by atoms with E-state index in [1.54, 1.807) is 6.20 Å². The lowest BCUT2D eigenvalue weighted by atomic mass is 10.0. The smallest absolute Gasteiger partial charge is 0.316 e.